The maximum atomic E-state index is 9.49. The summed E-state index contributed by atoms with van der Waals surface area (Å²) >= 11 is 0. The molecule has 0 spiro atoms. The molecule has 3 heteroatoms. The fourth-order valence-electron chi connectivity index (χ4n) is 3.51. The van der Waals surface area contributed by atoms with Gasteiger partial charge in [-0.05, 0) is 55.4 Å². The number of fused-ring (bicyclic) bond motifs is 1. The van der Waals surface area contributed by atoms with Gasteiger partial charge in [0.2, 0.25) is 0 Å². The van der Waals surface area contributed by atoms with Gasteiger partial charge in [-0.15, -0.1) is 0 Å². The van der Waals surface area contributed by atoms with Gasteiger partial charge >= 0.3 is 0 Å². The molecular formula is C16H25NO2. The number of benzene rings is 1. The molecule has 2 rings (SSSR count). The highest BCUT2D eigenvalue weighted by Crippen LogP contribution is 2.44. The third-order valence-corrected chi connectivity index (χ3v) is 4.63. The highest BCUT2D eigenvalue weighted by molar-refractivity contribution is 5.43. The summed E-state index contributed by atoms with van der Waals surface area (Å²) in [4.78, 5) is 0. The van der Waals surface area contributed by atoms with Crippen LogP contribution in [0.15, 0.2) is 18.2 Å². The lowest BCUT2D eigenvalue weighted by atomic mass is 9.63. The normalized spacial score (nSPS) is 23.8. The topological polar surface area (TPSA) is 55.5 Å². The molecule has 3 N–H and O–H groups in total. The number of hydrogen-bond acceptors (Lipinski definition) is 3. The molecule has 3 nitrogen and oxygen atoms in total. The van der Waals surface area contributed by atoms with Crippen molar-refractivity contribution in [1.29, 1.82) is 0 Å². The standard InChI is InChI=1S/C16H25NO2/c1-3-15(17)16(9-10-18)8-4-5-12-6-7-13(19-2)11-14(12)16/h6-7,11,15,18H,3-5,8-10,17H2,1-2H3. The second-order valence-electron chi connectivity index (χ2n) is 5.52. The molecule has 0 radical (unpaired) electrons. The van der Waals surface area contributed by atoms with Gasteiger partial charge in [0.25, 0.3) is 0 Å². The van der Waals surface area contributed by atoms with Crippen molar-refractivity contribution in [2.24, 2.45) is 5.73 Å². The summed E-state index contributed by atoms with van der Waals surface area (Å²) in [5.74, 6) is 0.881. The Morgan fingerprint density at radius 1 is 1.47 bits per heavy atom. The van der Waals surface area contributed by atoms with Gasteiger partial charge in [0.15, 0.2) is 0 Å². The highest BCUT2D eigenvalue weighted by atomic mass is 16.5. The summed E-state index contributed by atoms with van der Waals surface area (Å²) in [6.45, 7) is 2.31. The summed E-state index contributed by atoms with van der Waals surface area (Å²) in [7, 11) is 1.69. The zero-order chi connectivity index (χ0) is 13.9. The first kappa shape index (κ1) is 14.4. The van der Waals surface area contributed by atoms with Crippen LogP contribution in [0.4, 0.5) is 0 Å². The Labute approximate surface area is 115 Å². The van der Waals surface area contributed by atoms with Gasteiger partial charge in [0.1, 0.15) is 5.75 Å². The third kappa shape index (κ3) is 2.49. The minimum absolute atomic E-state index is 0.0887. The molecule has 0 heterocycles. The van der Waals surface area contributed by atoms with Gasteiger partial charge in [-0.2, -0.15) is 0 Å². The quantitative estimate of drug-likeness (QED) is 0.857. The molecule has 106 valence electrons. The monoisotopic (exact) mass is 263 g/mol. The van der Waals surface area contributed by atoms with Crippen LogP contribution < -0.4 is 10.5 Å². The molecule has 1 aromatic carbocycles. The summed E-state index contributed by atoms with van der Waals surface area (Å²) in [5.41, 5.74) is 8.99. The van der Waals surface area contributed by atoms with Gasteiger partial charge in [-0.1, -0.05) is 13.0 Å². The molecule has 0 saturated carbocycles. The number of hydrogen-bond donors (Lipinski definition) is 2. The van der Waals surface area contributed by atoms with Gasteiger partial charge in [0.05, 0.1) is 7.11 Å². The van der Waals surface area contributed by atoms with Gasteiger partial charge < -0.3 is 15.6 Å². The van der Waals surface area contributed by atoms with E-state index in [0.29, 0.717) is 0 Å². The first-order valence-electron chi connectivity index (χ1n) is 7.21. The molecule has 1 aliphatic carbocycles. The second kappa shape index (κ2) is 5.93. The minimum atomic E-state index is -0.0916. The minimum Gasteiger partial charge on any atom is -0.497 e. The van der Waals surface area contributed by atoms with E-state index < -0.39 is 0 Å². The molecule has 0 aliphatic heterocycles. The summed E-state index contributed by atoms with van der Waals surface area (Å²) < 4.78 is 5.36. The fraction of sp³-hybridized carbons (Fsp3) is 0.625. The number of ether oxygens (including phenoxy) is 1. The predicted octanol–water partition coefficient (Wildman–Crippen LogP) is 2.39. The van der Waals surface area contributed by atoms with Crippen molar-refractivity contribution < 1.29 is 9.84 Å². The molecule has 0 aromatic heterocycles. The van der Waals surface area contributed by atoms with Crippen LogP contribution >= 0.6 is 0 Å². The zero-order valence-corrected chi connectivity index (χ0v) is 12.0. The van der Waals surface area contributed by atoms with E-state index in [1.165, 1.54) is 11.1 Å². The van der Waals surface area contributed by atoms with Crippen LogP contribution in [0.1, 0.15) is 43.7 Å². The first-order chi connectivity index (χ1) is 9.17. The van der Waals surface area contributed by atoms with E-state index in [0.717, 1.165) is 37.9 Å². The van der Waals surface area contributed by atoms with Crippen molar-refractivity contribution in [3.63, 3.8) is 0 Å². The summed E-state index contributed by atoms with van der Waals surface area (Å²) in [6.07, 6.45) is 4.97. The van der Waals surface area contributed by atoms with Gasteiger partial charge in [-0.3, -0.25) is 0 Å². The average molecular weight is 263 g/mol. The first-order valence-corrected chi connectivity index (χ1v) is 7.21. The number of aryl methyl sites for hydroxylation is 1. The van der Waals surface area contributed by atoms with Crippen LogP contribution in [0, 0.1) is 0 Å². The van der Waals surface area contributed by atoms with Crippen LogP contribution in [0.2, 0.25) is 0 Å². The molecule has 2 atom stereocenters. The van der Waals surface area contributed by atoms with Crippen LogP contribution in [0.3, 0.4) is 0 Å². The van der Waals surface area contributed by atoms with Crippen molar-refractivity contribution in [3.8, 4) is 5.75 Å². The van der Waals surface area contributed by atoms with Crippen LogP contribution in [-0.4, -0.2) is 24.9 Å². The SMILES string of the molecule is CCC(N)C1(CCO)CCCc2ccc(OC)cc21. The van der Waals surface area contributed by atoms with E-state index >= 15 is 0 Å². The Morgan fingerprint density at radius 3 is 2.89 bits per heavy atom. The Bertz CT molecular complexity index is 433. The van der Waals surface area contributed by atoms with E-state index in [-0.39, 0.29) is 18.1 Å². The fourth-order valence-corrected chi connectivity index (χ4v) is 3.51. The van der Waals surface area contributed by atoms with Crippen molar-refractivity contribution in [2.45, 2.75) is 50.5 Å². The van der Waals surface area contributed by atoms with Crippen molar-refractivity contribution in [2.75, 3.05) is 13.7 Å². The van der Waals surface area contributed by atoms with E-state index in [1.54, 1.807) is 7.11 Å². The van der Waals surface area contributed by atoms with Gasteiger partial charge in [0, 0.05) is 18.1 Å². The van der Waals surface area contributed by atoms with Gasteiger partial charge in [-0.25, -0.2) is 0 Å². The number of aliphatic hydroxyl groups excluding tert-OH is 1. The van der Waals surface area contributed by atoms with Crippen LogP contribution in [0.5, 0.6) is 5.75 Å². The lowest BCUT2D eigenvalue weighted by Gasteiger charge is -2.43. The number of rotatable bonds is 5. The average Bonchev–Trinajstić information content (AvgIpc) is 2.46. The third-order valence-electron chi connectivity index (χ3n) is 4.63. The van der Waals surface area contributed by atoms with E-state index in [2.05, 4.69) is 19.1 Å². The lowest BCUT2D eigenvalue weighted by molar-refractivity contribution is 0.192. The molecule has 0 saturated heterocycles. The highest BCUT2D eigenvalue weighted by Gasteiger charge is 2.40. The van der Waals surface area contributed by atoms with E-state index in [9.17, 15) is 5.11 Å². The van der Waals surface area contributed by atoms with Crippen molar-refractivity contribution in [3.05, 3.63) is 29.3 Å². The zero-order valence-electron chi connectivity index (χ0n) is 12.0. The lowest BCUT2D eigenvalue weighted by Crippen LogP contribution is -2.48. The number of aliphatic hydroxyl groups is 1. The van der Waals surface area contributed by atoms with Crippen molar-refractivity contribution >= 4 is 0 Å². The Morgan fingerprint density at radius 2 is 2.26 bits per heavy atom. The molecule has 0 fully saturated rings. The molecular weight excluding hydrogens is 238 g/mol. The maximum absolute atomic E-state index is 9.49. The van der Waals surface area contributed by atoms with Crippen LogP contribution in [-0.2, 0) is 11.8 Å². The summed E-state index contributed by atoms with van der Waals surface area (Å²) in [5, 5.41) is 9.49. The molecule has 0 amide bonds. The Hall–Kier alpha value is -1.06. The van der Waals surface area contributed by atoms with E-state index in [4.69, 9.17) is 10.5 Å². The molecule has 1 aromatic rings. The Balaban J connectivity index is 2.52. The Kier molecular flexibility index (Phi) is 4.48. The molecule has 19 heavy (non-hydrogen) atoms. The van der Waals surface area contributed by atoms with E-state index in [1.807, 2.05) is 6.07 Å². The van der Waals surface area contributed by atoms with Crippen LogP contribution in [0.25, 0.3) is 0 Å². The summed E-state index contributed by atoms with van der Waals surface area (Å²) in [6, 6.07) is 6.39. The molecule has 0 bridgehead atoms. The second-order valence-corrected chi connectivity index (χ2v) is 5.52. The number of methoxy groups -OCH3 is 1. The maximum Gasteiger partial charge on any atom is 0.119 e. The number of nitrogens with two attached hydrogens (primary N) is 1. The predicted molar refractivity (Wildman–Crippen MR) is 77.6 cm³/mol. The molecule has 1 aliphatic rings. The largest absolute Gasteiger partial charge is 0.497 e. The van der Waals surface area contributed by atoms with Crippen molar-refractivity contribution in [1.82, 2.24) is 0 Å². The smallest absolute Gasteiger partial charge is 0.119 e. The molecule has 2 unspecified atom stereocenters.